The summed E-state index contributed by atoms with van der Waals surface area (Å²) in [5, 5.41) is 0. The molecule has 0 fully saturated rings. The van der Waals surface area contributed by atoms with Crippen molar-refractivity contribution in [3.63, 3.8) is 0 Å². The quantitative estimate of drug-likeness (QED) is 0.176. The fourth-order valence-electron chi connectivity index (χ4n) is 6.26. The molecule has 0 spiro atoms. The molecule has 0 amide bonds. The number of nitrogens with zero attached hydrogens (tertiary/aromatic N) is 1. The van der Waals surface area contributed by atoms with E-state index < -0.39 is 0 Å². The first-order valence-corrected chi connectivity index (χ1v) is 19.6. The van der Waals surface area contributed by atoms with Crippen LogP contribution in [0.3, 0.4) is 0 Å². The Kier molecular flexibility index (Phi) is 19.4. The minimum absolute atomic E-state index is 0.287. The summed E-state index contributed by atoms with van der Waals surface area (Å²) < 4.78 is 0. The summed E-state index contributed by atoms with van der Waals surface area (Å²) in [5.74, 6) is 1.57. The molecule has 1 heterocycles. The van der Waals surface area contributed by atoms with Crippen LogP contribution in [0.2, 0.25) is 0 Å². The predicted molar refractivity (Wildman–Crippen MR) is 234 cm³/mol. The van der Waals surface area contributed by atoms with Crippen molar-refractivity contribution in [3.8, 4) is 11.3 Å². The maximum atomic E-state index is 4.38. The van der Waals surface area contributed by atoms with Gasteiger partial charge in [0.2, 0.25) is 0 Å². The Morgan fingerprint density at radius 1 is 0.865 bits per heavy atom. The predicted octanol–water partition coefficient (Wildman–Crippen LogP) is 15.4. The summed E-state index contributed by atoms with van der Waals surface area (Å²) in [6.45, 7) is 27.7. The molecule has 1 nitrogen and oxygen atoms in total. The summed E-state index contributed by atoms with van der Waals surface area (Å²) in [6.07, 6.45) is 19.6. The molecular weight excluding hydrogens is 627 g/mol. The van der Waals surface area contributed by atoms with Gasteiger partial charge in [0.25, 0.3) is 0 Å². The van der Waals surface area contributed by atoms with Gasteiger partial charge in [-0.05, 0) is 96.9 Å². The van der Waals surface area contributed by atoms with Crippen LogP contribution >= 0.6 is 0 Å². The zero-order chi connectivity index (χ0) is 38.5. The topological polar surface area (TPSA) is 12.9 Å². The van der Waals surface area contributed by atoms with Gasteiger partial charge in [0.1, 0.15) is 0 Å². The molecule has 2 aliphatic rings. The van der Waals surface area contributed by atoms with Gasteiger partial charge in [-0.3, -0.25) is 4.98 Å². The van der Waals surface area contributed by atoms with Gasteiger partial charge in [0.15, 0.2) is 0 Å². The van der Waals surface area contributed by atoms with E-state index in [9.17, 15) is 0 Å². The lowest BCUT2D eigenvalue weighted by Crippen LogP contribution is -2.25. The van der Waals surface area contributed by atoms with Gasteiger partial charge >= 0.3 is 0 Å². The van der Waals surface area contributed by atoms with Crippen molar-refractivity contribution in [2.75, 3.05) is 0 Å². The zero-order valence-electron chi connectivity index (χ0n) is 34.3. The van der Waals surface area contributed by atoms with Crippen LogP contribution in [-0.2, 0) is 5.41 Å². The maximum Gasteiger partial charge on any atom is 0.0702 e. The minimum Gasteiger partial charge on any atom is -0.256 e. The van der Waals surface area contributed by atoms with Gasteiger partial charge in [-0.25, -0.2) is 0 Å². The number of benzene rings is 3. The molecule has 3 aromatic carbocycles. The number of fused-ring (bicyclic) bond motifs is 3. The van der Waals surface area contributed by atoms with Crippen molar-refractivity contribution >= 4 is 11.1 Å². The Balaban J connectivity index is 0.000000262. The second kappa shape index (κ2) is 23.1. The summed E-state index contributed by atoms with van der Waals surface area (Å²) in [6, 6.07) is 31.8. The van der Waals surface area contributed by atoms with Crippen LogP contribution in [0.1, 0.15) is 116 Å². The molecule has 6 rings (SSSR count). The van der Waals surface area contributed by atoms with Crippen molar-refractivity contribution in [1.82, 2.24) is 4.98 Å². The van der Waals surface area contributed by atoms with Crippen molar-refractivity contribution < 1.29 is 0 Å². The van der Waals surface area contributed by atoms with Gasteiger partial charge in [0.05, 0.1) is 5.69 Å². The lowest BCUT2D eigenvalue weighted by Gasteiger charge is -2.31. The molecule has 2 aliphatic carbocycles. The van der Waals surface area contributed by atoms with E-state index in [1.54, 1.807) is 11.1 Å². The molecule has 4 aromatic rings. The van der Waals surface area contributed by atoms with E-state index >= 15 is 0 Å². The Hall–Kier alpha value is -4.49. The van der Waals surface area contributed by atoms with Crippen molar-refractivity contribution in [2.45, 2.75) is 107 Å². The highest BCUT2D eigenvalue weighted by molar-refractivity contribution is 5.80. The molecule has 52 heavy (non-hydrogen) atoms. The Morgan fingerprint density at radius 3 is 2.06 bits per heavy atom. The maximum absolute atomic E-state index is 4.38. The Bertz CT molecular complexity index is 1720. The van der Waals surface area contributed by atoms with Gasteiger partial charge in [-0.2, -0.15) is 0 Å². The highest BCUT2D eigenvalue weighted by Gasteiger charge is 2.43. The summed E-state index contributed by atoms with van der Waals surface area (Å²) >= 11 is 0. The van der Waals surface area contributed by atoms with Gasteiger partial charge in [0, 0.05) is 11.8 Å². The fourth-order valence-corrected chi connectivity index (χ4v) is 6.26. The number of allylic oxidation sites excluding steroid dienone is 9. The normalized spacial score (nSPS) is 15.1. The van der Waals surface area contributed by atoms with Crippen LogP contribution in [0.4, 0.5) is 0 Å². The molecule has 0 radical (unpaired) electrons. The number of pyridine rings is 1. The third-order valence-electron chi connectivity index (χ3n) is 9.55. The lowest BCUT2D eigenvalue weighted by molar-refractivity contribution is 0.404. The zero-order valence-corrected chi connectivity index (χ0v) is 34.3. The van der Waals surface area contributed by atoms with Crippen LogP contribution in [0, 0.1) is 25.7 Å². The molecule has 1 atom stereocenters. The van der Waals surface area contributed by atoms with E-state index in [1.165, 1.54) is 53.5 Å². The van der Waals surface area contributed by atoms with Crippen LogP contribution in [-0.4, -0.2) is 4.98 Å². The largest absolute Gasteiger partial charge is 0.256 e. The molecule has 0 saturated heterocycles. The van der Waals surface area contributed by atoms with Gasteiger partial charge in [-0.15, -0.1) is 0 Å². The number of aromatic nitrogens is 1. The molecule has 1 heteroatoms. The molecule has 1 aromatic heterocycles. The summed E-state index contributed by atoms with van der Waals surface area (Å²) in [7, 11) is 0. The van der Waals surface area contributed by atoms with Crippen molar-refractivity contribution in [3.05, 3.63) is 174 Å². The molecule has 0 N–H and O–H groups in total. The van der Waals surface area contributed by atoms with Gasteiger partial charge < -0.3 is 0 Å². The monoisotopic (exact) mass is 694 g/mol. The molecule has 276 valence electrons. The summed E-state index contributed by atoms with van der Waals surface area (Å²) in [4.78, 5) is 4.38. The van der Waals surface area contributed by atoms with E-state index in [1.807, 2.05) is 63.4 Å². The highest BCUT2D eigenvalue weighted by Crippen LogP contribution is 2.53. The summed E-state index contributed by atoms with van der Waals surface area (Å²) in [5.41, 5.74) is 13.6. The first-order chi connectivity index (χ1) is 25.0. The molecule has 0 bridgehead atoms. The number of rotatable bonds is 7. The first-order valence-electron chi connectivity index (χ1n) is 19.6. The average Bonchev–Trinajstić information content (AvgIpc) is 3.40. The van der Waals surface area contributed by atoms with E-state index in [4.69, 9.17) is 0 Å². The Morgan fingerprint density at radius 2 is 1.50 bits per heavy atom. The highest BCUT2D eigenvalue weighted by atomic mass is 14.7. The van der Waals surface area contributed by atoms with Crippen molar-refractivity contribution in [2.24, 2.45) is 11.8 Å². The number of hydrogen-bond donors (Lipinski definition) is 0. The first kappa shape index (κ1) is 43.7. The molecule has 1 unspecified atom stereocenters. The molecule has 0 aliphatic heterocycles. The fraction of sp³-hybridized carbons (Fsp3) is 0.353. The minimum atomic E-state index is 0.287. The standard InChI is InChI=1S/C18H17N.C18H22.C8H10.C5H12.C2H6/c1-3-8-15(9-4-2)16-10-7-11-17(14-16)18-12-5-6-13-19-18;1-4-7-13-10-11-15-14-8-5-6-9-16(14)18(2,3)17(15)12-13;1-7-3-5-8(2)6-4-7;1-4-5(2)3;1-2/h3-14H,1H2,2H3;5-6,8-11,17H,4,7,12H2,1-3H3;3-6H,1-2H3;5H,4H2,1-3H3;1-2H3/b9-4-,15-8+;;;;. The van der Waals surface area contributed by atoms with E-state index in [-0.39, 0.29) is 5.41 Å². The number of aryl methyl sites for hydroxylation is 2. The van der Waals surface area contributed by atoms with Crippen LogP contribution in [0.5, 0.6) is 0 Å². The van der Waals surface area contributed by atoms with E-state index in [2.05, 4.69) is 158 Å². The lowest BCUT2D eigenvalue weighted by atomic mass is 9.72. The third kappa shape index (κ3) is 13.2. The molecule has 0 saturated carbocycles. The second-order valence-corrected chi connectivity index (χ2v) is 14.3. The van der Waals surface area contributed by atoms with Crippen LogP contribution < -0.4 is 0 Å². The second-order valence-electron chi connectivity index (χ2n) is 14.3. The SMILES string of the molecule is C=C/C=C(\C=C/C)c1cccc(-c2ccccn2)c1.CC.CCC(C)C.CCCC1=CC=C2c3ccccc3C(C)(C)C2C1.Cc1ccc(C)cc1. The van der Waals surface area contributed by atoms with Crippen LogP contribution in [0.15, 0.2) is 146 Å². The van der Waals surface area contributed by atoms with Crippen molar-refractivity contribution in [1.29, 1.82) is 0 Å². The average molecular weight is 694 g/mol. The van der Waals surface area contributed by atoms with Gasteiger partial charge in [-0.1, -0.05) is 201 Å². The third-order valence-corrected chi connectivity index (χ3v) is 9.55. The van der Waals surface area contributed by atoms with E-state index in [0.717, 1.165) is 22.7 Å². The number of hydrogen-bond acceptors (Lipinski definition) is 1. The van der Waals surface area contributed by atoms with Crippen LogP contribution in [0.25, 0.3) is 22.4 Å². The Labute approximate surface area is 319 Å². The van der Waals surface area contributed by atoms with E-state index in [0.29, 0.717) is 5.92 Å². The smallest absolute Gasteiger partial charge is 0.0702 e. The molecular formula is C51H67N.